The van der Waals surface area contributed by atoms with E-state index in [0.29, 0.717) is 6.61 Å². The second-order valence-electron chi connectivity index (χ2n) is 3.55. The first-order chi connectivity index (χ1) is 6.68. The minimum Gasteiger partial charge on any atom is -0.491 e. The Labute approximate surface area is 91.4 Å². The van der Waals surface area contributed by atoms with E-state index < -0.39 is 0 Å². The number of fused-ring (bicyclic) bond motifs is 1. The standard InChI is InChI=1S/C11H11BrO2/c1-7(13)9-5-8-3-2-4-10(12)11(8)14-6-9/h2-4,9H,5-6H2,1H3. The molecular formula is C11H11BrO2. The van der Waals surface area contributed by atoms with Crippen LogP contribution in [0.4, 0.5) is 0 Å². The van der Waals surface area contributed by atoms with Crippen LogP contribution in [-0.4, -0.2) is 12.4 Å². The van der Waals surface area contributed by atoms with Gasteiger partial charge in [0.25, 0.3) is 0 Å². The molecule has 0 spiro atoms. The van der Waals surface area contributed by atoms with Crippen molar-refractivity contribution in [1.29, 1.82) is 0 Å². The van der Waals surface area contributed by atoms with Gasteiger partial charge in [-0.25, -0.2) is 0 Å². The lowest BCUT2D eigenvalue weighted by atomic mass is 9.94. The van der Waals surface area contributed by atoms with Gasteiger partial charge in [0.05, 0.1) is 17.0 Å². The van der Waals surface area contributed by atoms with Crippen molar-refractivity contribution in [2.45, 2.75) is 13.3 Å². The number of Topliss-reactive ketones (excluding diaryl/α,β-unsaturated/α-hetero) is 1. The van der Waals surface area contributed by atoms with Crippen LogP contribution in [-0.2, 0) is 11.2 Å². The molecule has 0 N–H and O–H groups in total. The molecule has 2 nitrogen and oxygen atoms in total. The van der Waals surface area contributed by atoms with Crippen molar-refractivity contribution in [2.75, 3.05) is 6.61 Å². The van der Waals surface area contributed by atoms with Gasteiger partial charge in [0.2, 0.25) is 0 Å². The topological polar surface area (TPSA) is 26.3 Å². The highest BCUT2D eigenvalue weighted by atomic mass is 79.9. The predicted molar refractivity (Wildman–Crippen MR) is 57.5 cm³/mol. The second-order valence-corrected chi connectivity index (χ2v) is 4.41. The Kier molecular flexibility index (Phi) is 2.59. The molecule has 2 rings (SSSR count). The molecule has 0 aromatic heterocycles. The zero-order chi connectivity index (χ0) is 10.1. The summed E-state index contributed by atoms with van der Waals surface area (Å²) in [5.74, 6) is 1.12. The normalized spacial score (nSPS) is 19.7. The summed E-state index contributed by atoms with van der Waals surface area (Å²) < 4.78 is 6.53. The van der Waals surface area contributed by atoms with Crippen LogP contribution in [0.5, 0.6) is 5.75 Å². The maximum Gasteiger partial charge on any atom is 0.136 e. The summed E-state index contributed by atoms with van der Waals surface area (Å²) in [6.07, 6.45) is 0.796. The van der Waals surface area contributed by atoms with Gasteiger partial charge in [-0.2, -0.15) is 0 Å². The van der Waals surface area contributed by atoms with Gasteiger partial charge in [-0.05, 0) is 40.9 Å². The minimum absolute atomic E-state index is 0.0248. The Morgan fingerprint density at radius 2 is 2.36 bits per heavy atom. The van der Waals surface area contributed by atoms with Crippen LogP contribution in [0, 0.1) is 5.92 Å². The molecule has 1 aromatic carbocycles. The molecule has 1 heterocycles. The number of ether oxygens (including phenoxy) is 1. The summed E-state index contributed by atoms with van der Waals surface area (Å²) in [6, 6.07) is 5.93. The van der Waals surface area contributed by atoms with Crippen LogP contribution in [0.25, 0.3) is 0 Å². The van der Waals surface area contributed by atoms with Crippen molar-refractivity contribution in [2.24, 2.45) is 5.92 Å². The third kappa shape index (κ3) is 1.69. The molecule has 0 amide bonds. The fourth-order valence-electron chi connectivity index (χ4n) is 1.65. The van der Waals surface area contributed by atoms with Gasteiger partial charge < -0.3 is 4.74 Å². The Morgan fingerprint density at radius 1 is 1.57 bits per heavy atom. The molecule has 1 aromatic rings. The number of carbonyl (C=O) groups is 1. The average molecular weight is 255 g/mol. The summed E-state index contributed by atoms with van der Waals surface area (Å²) in [4.78, 5) is 11.2. The molecule has 0 bridgehead atoms. The lowest BCUT2D eigenvalue weighted by molar-refractivity contribution is -0.121. The number of benzene rings is 1. The molecule has 3 heteroatoms. The Balaban J connectivity index is 2.31. The van der Waals surface area contributed by atoms with Crippen molar-refractivity contribution < 1.29 is 9.53 Å². The van der Waals surface area contributed by atoms with Gasteiger partial charge in [0, 0.05) is 0 Å². The molecule has 0 aliphatic carbocycles. The molecule has 14 heavy (non-hydrogen) atoms. The Morgan fingerprint density at radius 3 is 3.07 bits per heavy atom. The zero-order valence-electron chi connectivity index (χ0n) is 7.92. The van der Waals surface area contributed by atoms with E-state index in [1.54, 1.807) is 6.92 Å². The Hall–Kier alpha value is -0.830. The van der Waals surface area contributed by atoms with E-state index in [0.717, 1.165) is 22.2 Å². The van der Waals surface area contributed by atoms with E-state index in [-0.39, 0.29) is 11.7 Å². The number of hydrogen-bond donors (Lipinski definition) is 0. The lowest BCUT2D eigenvalue weighted by Crippen LogP contribution is -2.26. The first-order valence-electron chi connectivity index (χ1n) is 4.59. The van der Waals surface area contributed by atoms with E-state index in [1.165, 1.54) is 0 Å². The summed E-state index contributed by atoms with van der Waals surface area (Å²) >= 11 is 3.43. The molecule has 0 saturated carbocycles. The third-order valence-electron chi connectivity index (χ3n) is 2.52. The Bertz CT molecular complexity index is 374. The number of para-hydroxylation sites is 1. The lowest BCUT2D eigenvalue weighted by Gasteiger charge is -2.24. The van der Waals surface area contributed by atoms with Crippen LogP contribution in [0.3, 0.4) is 0 Å². The van der Waals surface area contributed by atoms with E-state index in [1.807, 2.05) is 18.2 Å². The van der Waals surface area contributed by atoms with Gasteiger partial charge in [0.15, 0.2) is 0 Å². The van der Waals surface area contributed by atoms with Crippen LogP contribution < -0.4 is 4.74 Å². The van der Waals surface area contributed by atoms with Gasteiger partial charge in [-0.15, -0.1) is 0 Å². The van der Waals surface area contributed by atoms with E-state index >= 15 is 0 Å². The molecule has 1 aliphatic rings. The predicted octanol–water partition coefficient (Wildman–Crippen LogP) is 2.59. The quantitative estimate of drug-likeness (QED) is 0.770. The van der Waals surface area contributed by atoms with Crippen molar-refractivity contribution in [3.63, 3.8) is 0 Å². The smallest absolute Gasteiger partial charge is 0.136 e. The van der Waals surface area contributed by atoms with Gasteiger partial charge in [-0.1, -0.05) is 12.1 Å². The molecule has 0 radical (unpaired) electrons. The first-order valence-corrected chi connectivity index (χ1v) is 5.38. The average Bonchev–Trinajstić information content (AvgIpc) is 2.17. The zero-order valence-corrected chi connectivity index (χ0v) is 9.50. The number of hydrogen-bond acceptors (Lipinski definition) is 2. The third-order valence-corrected chi connectivity index (χ3v) is 3.14. The summed E-state index contributed by atoms with van der Waals surface area (Å²) in [7, 11) is 0. The number of halogens is 1. The highest BCUT2D eigenvalue weighted by Gasteiger charge is 2.24. The molecule has 1 aliphatic heterocycles. The van der Waals surface area contributed by atoms with Gasteiger partial charge in [-0.3, -0.25) is 4.79 Å². The van der Waals surface area contributed by atoms with E-state index in [2.05, 4.69) is 15.9 Å². The maximum absolute atomic E-state index is 11.2. The van der Waals surface area contributed by atoms with Crippen molar-refractivity contribution >= 4 is 21.7 Å². The maximum atomic E-state index is 11.2. The molecule has 0 saturated heterocycles. The molecule has 74 valence electrons. The molecule has 0 fully saturated rings. The summed E-state index contributed by atoms with van der Waals surface area (Å²) in [6.45, 7) is 2.13. The highest BCUT2D eigenvalue weighted by molar-refractivity contribution is 9.10. The number of ketones is 1. The number of rotatable bonds is 1. The minimum atomic E-state index is 0.0248. The molecular weight excluding hydrogens is 244 g/mol. The van der Waals surface area contributed by atoms with Crippen molar-refractivity contribution in [3.8, 4) is 5.75 Å². The number of carbonyl (C=O) groups excluding carboxylic acids is 1. The van der Waals surface area contributed by atoms with Crippen molar-refractivity contribution in [3.05, 3.63) is 28.2 Å². The molecule has 1 unspecified atom stereocenters. The van der Waals surface area contributed by atoms with Crippen LogP contribution in [0.2, 0.25) is 0 Å². The highest BCUT2D eigenvalue weighted by Crippen LogP contribution is 2.34. The van der Waals surface area contributed by atoms with Gasteiger partial charge in [0.1, 0.15) is 11.5 Å². The molecule has 1 atom stereocenters. The van der Waals surface area contributed by atoms with Crippen LogP contribution in [0.15, 0.2) is 22.7 Å². The van der Waals surface area contributed by atoms with E-state index in [9.17, 15) is 4.79 Å². The fourth-order valence-corrected chi connectivity index (χ4v) is 2.17. The van der Waals surface area contributed by atoms with Crippen LogP contribution >= 0.6 is 15.9 Å². The van der Waals surface area contributed by atoms with E-state index in [4.69, 9.17) is 4.74 Å². The largest absolute Gasteiger partial charge is 0.491 e. The van der Waals surface area contributed by atoms with Crippen LogP contribution in [0.1, 0.15) is 12.5 Å². The van der Waals surface area contributed by atoms with Crippen molar-refractivity contribution in [1.82, 2.24) is 0 Å². The summed E-state index contributed by atoms with van der Waals surface area (Å²) in [5.41, 5.74) is 1.12. The summed E-state index contributed by atoms with van der Waals surface area (Å²) in [5, 5.41) is 0. The SMILES string of the molecule is CC(=O)C1COc2c(Br)cccc2C1. The van der Waals surface area contributed by atoms with Gasteiger partial charge >= 0.3 is 0 Å². The fraction of sp³-hybridized carbons (Fsp3) is 0.364. The first kappa shape index (κ1) is 9.71. The monoisotopic (exact) mass is 254 g/mol. The second kappa shape index (κ2) is 3.73.